The predicted octanol–water partition coefficient (Wildman–Crippen LogP) is 4.22. The van der Waals surface area contributed by atoms with Crippen LogP contribution in [0.1, 0.15) is 0 Å². The second-order valence-corrected chi connectivity index (χ2v) is 9.83. The number of rotatable bonds is 6. The molecule has 0 aliphatic heterocycles. The second kappa shape index (κ2) is 8.17. The molecule has 0 fully saturated rings. The number of alkyl halides is 4. The Morgan fingerprint density at radius 3 is 2.32 bits per heavy atom. The lowest BCUT2D eigenvalue weighted by molar-refractivity contribution is 0.178. The molecule has 1 aromatic carbocycles. The average Bonchev–Trinajstić information content (AvgIpc) is 2.38. The highest BCUT2D eigenvalue weighted by molar-refractivity contribution is 8.03. The number of sulfonamides is 1. The van der Waals surface area contributed by atoms with E-state index < -0.39 is 24.6 Å². The number of benzene rings is 1. The molecule has 0 heterocycles. The molecule has 0 atom stereocenters. The number of nitrogens with zero attached hydrogens (tertiary/aromatic N) is 1. The fraction of sp³-hybridized carbons (Fsp3) is 0.364. The molecule has 5 nitrogen and oxygen atoms in total. The normalized spacial score (nSPS) is 12.3. The summed E-state index contributed by atoms with van der Waals surface area (Å²) in [5.74, 6) is -0.333. The van der Waals surface area contributed by atoms with Crippen LogP contribution in [0.4, 0.5) is 10.5 Å². The first-order chi connectivity index (χ1) is 10.1. The summed E-state index contributed by atoms with van der Waals surface area (Å²) < 4.78 is 27.3. The van der Waals surface area contributed by atoms with Crippen LogP contribution in [0.2, 0.25) is 0 Å². The minimum absolute atomic E-state index is 0.149. The Bertz CT molecular complexity index is 610. The Hall–Kier alpha value is -0.0500. The SMILES string of the molecule is CS(=O)(=O)N(C(=O)OCSC(Cl)(Cl)C(Cl)Cl)c1ccccc1. The topological polar surface area (TPSA) is 63.7 Å². The van der Waals surface area contributed by atoms with Crippen LogP contribution in [0.15, 0.2) is 30.3 Å². The third-order valence-electron chi connectivity index (χ3n) is 2.18. The van der Waals surface area contributed by atoms with Crippen LogP contribution in [-0.2, 0) is 14.8 Å². The number of para-hydroxylation sites is 1. The number of hydrogen-bond donors (Lipinski definition) is 0. The molecular weight excluding hydrogens is 416 g/mol. The zero-order valence-electron chi connectivity index (χ0n) is 11.1. The third-order valence-corrected chi connectivity index (χ3v) is 6.51. The van der Waals surface area contributed by atoms with E-state index in [2.05, 4.69) is 0 Å². The Balaban J connectivity index is 2.80. The van der Waals surface area contributed by atoms with Gasteiger partial charge in [-0.1, -0.05) is 53.2 Å². The van der Waals surface area contributed by atoms with Crippen molar-refractivity contribution in [3.8, 4) is 0 Å². The lowest BCUT2D eigenvalue weighted by Crippen LogP contribution is -2.36. The van der Waals surface area contributed by atoms with Crippen LogP contribution >= 0.6 is 58.2 Å². The first-order valence-corrected chi connectivity index (χ1v) is 10.0. The van der Waals surface area contributed by atoms with Gasteiger partial charge in [-0.05, 0) is 12.1 Å². The summed E-state index contributed by atoms with van der Waals surface area (Å²) in [4.78, 5) is 10.9. The van der Waals surface area contributed by atoms with Crippen LogP contribution in [0.5, 0.6) is 0 Å². The number of halogens is 4. The number of ether oxygens (including phenoxy) is 1. The number of anilines is 1. The number of carbonyl (C=O) groups excluding carboxylic acids is 1. The smallest absolute Gasteiger partial charge is 0.429 e. The van der Waals surface area contributed by atoms with Gasteiger partial charge in [-0.15, -0.1) is 23.2 Å². The van der Waals surface area contributed by atoms with Gasteiger partial charge in [0, 0.05) is 0 Å². The van der Waals surface area contributed by atoms with Crippen molar-refractivity contribution in [3.63, 3.8) is 0 Å². The quantitative estimate of drug-likeness (QED) is 0.503. The Morgan fingerprint density at radius 1 is 1.32 bits per heavy atom. The molecule has 1 amide bonds. The molecule has 22 heavy (non-hydrogen) atoms. The Kier molecular flexibility index (Phi) is 7.42. The first kappa shape index (κ1) is 20.0. The third kappa shape index (κ3) is 5.86. The molecule has 0 unspecified atom stereocenters. The molecule has 1 rings (SSSR count). The maximum atomic E-state index is 12.0. The summed E-state index contributed by atoms with van der Waals surface area (Å²) in [5.41, 5.74) is 0.149. The maximum Gasteiger partial charge on any atom is 0.429 e. The average molecular weight is 427 g/mol. The van der Waals surface area contributed by atoms with Gasteiger partial charge in [0.1, 0.15) is 10.8 Å². The van der Waals surface area contributed by atoms with Gasteiger partial charge in [0.25, 0.3) is 0 Å². The minimum atomic E-state index is -3.87. The summed E-state index contributed by atoms with van der Waals surface area (Å²) >= 11 is 23.4. The van der Waals surface area contributed by atoms with Crippen LogP contribution in [0.3, 0.4) is 0 Å². The summed E-state index contributed by atoms with van der Waals surface area (Å²) in [6, 6.07) is 7.77. The molecule has 0 saturated carbocycles. The predicted molar refractivity (Wildman–Crippen MR) is 92.6 cm³/mol. The van der Waals surface area contributed by atoms with E-state index in [1.807, 2.05) is 0 Å². The van der Waals surface area contributed by atoms with Gasteiger partial charge >= 0.3 is 6.09 Å². The van der Waals surface area contributed by atoms with E-state index in [1.54, 1.807) is 18.2 Å². The fourth-order valence-corrected chi connectivity index (χ4v) is 3.19. The molecule has 0 spiro atoms. The van der Waals surface area contributed by atoms with Crippen molar-refractivity contribution in [3.05, 3.63) is 30.3 Å². The van der Waals surface area contributed by atoms with Crippen molar-refractivity contribution in [2.24, 2.45) is 0 Å². The van der Waals surface area contributed by atoms with E-state index in [-0.39, 0.29) is 11.6 Å². The van der Waals surface area contributed by atoms with E-state index >= 15 is 0 Å². The van der Waals surface area contributed by atoms with Crippen molar-refractivity contribution in [1.29, 1.82) is 0 Å². The van der Waals surface area contributed by atoms with Crippen molar-refractivity contribution in [2.75, 3.05) is 16.5 Å². The van der Waals surface area contributed by atoms with E-state index in [9.17, 15) is 13.2 Å². The molecule has 124 valence electrons. The van der Waals surface area contributed by atoms with Gasteiger partial charge in [0.15, 0.2) is 3.67 Å². The standard InChI is InChI=1S/C11H11Cl4NO4S2/c1-22(18,19)16(8-5-3-2-4-6-8)10(17)20-7-21-11(14,15)9(12)13/h2-6,9H,7H2,1H3. The molecule has 11 heteroatoms. The van der Waals surface area contributed by atoms with E-state index in [0.717, 1.165) is 18.0 Å². The van der Waals surface area contributed by atoms with Gasteiger partial charge in [-0.25, -0.2) is 13.2 Å². The van der Waals surface area contributed by atoms with Gasteiger partial charge in [-0.2, -0.15) is 4.31 Å². The zero-order valence-corrected chi connectivity index (χ0v) is 15.7. The number of carbonyl (C=O) groups is 1. The monoisotopic (exact) mass is 425 g/mol. The molecule has 0 radical (unpaired) electrons. The van der Waals surface area contributed by atoms with Crippen LogP contribution < -0.4 is 4.31 Å². The van der Waals surface area contributed by atoms with Crippen molar-refractivity contribution < 1.29 is 17.9 Å². The molecular formula is C11H11Cl4NO4S2. The first-order valence-electron chi connectivity index (χ1n) is 5.57. The molecule has 0 saturated heterocycles. The molecule has 0 aliphatic carbocycles. The highest BCUT2D eigenvalue weighted by Gasteiger charge is 2.34. The summed E-state index contributed by atoms with van der Waals surface area (Å²) in [7, 11) is -3.87. The van der Waals surface area contributed by atoms with E-state index in [1.165, 1.54) is 12.1 Å². The second-order valence-electron chi connectivity index (χ2n) is 3.90. The molecule has 0 bridgehead atoms. The zero-order chi connectivity index (χ0) is 17.0. The molecule has 0 aromatic heterocycles. The van der Waals surface area contributed by atoms with Crippen LogP contribution in [0, 0.1) is 0 Å². The molecule has 0 N–H and O–H groups in total. The summed E-state index contributed by atoms with van der Waals surface area (Å²) in [5, 5.41) is 0. The van der Waals surface area contributed by atoms with Crippen molar-refractivity contribution in [2.45, 2.75) is 8.50 Å². The van der Waals surface area contributed by atoms with Gasteiger partial charge in [0.2, 0.25) is 10.0 Å². The van der Waals surface area contributed by atoms with Crippen molar-refractivity contribution in [1.82, 2.24) is 0 Å². The van der Waals surface area contributed by atoms with Gasteiger partial charge < -0.3 is 4.74 Å². The number of thioether (sulfide) groups is 1. The summed E-state index contributed by atoms with van der Waals surface area (Å²) in [6.07, 6.45) is -0.207. The lowest BCUT2D eigenvalue weighted by Gasteiger charge is -2.22. The molecule has 0 aliphatic rings. The van der Waals surface area contributed by atoms with Gasteiger partial charge in [0.05, 0.1) is 11.9 Å². The summed E-state index contributed by atoms with van der Waals surface area (Å²) in [6.45, 7) is 0. The maximum absolute atomic E-state index is 12.0. The number of hydrogen-bond acceptors (Lipinski definition) is 5. The highest BCUT2D eigenvalue weighted by atomic mass is 35.5. The lowest BCUT2D eigenvalue weighted by atomic mass is 10.3. The minimum Gasteiger partial charge on any atom is -0.437 e. The number of amides is 1. The Labute approximate surface area is 152 Å². The largest absolute Gasteiger partial charge is 0.437 e. The Morgan fingerprint density at radius 2 is 1.86 bits per heavy atom. The van der Waals surface area contributed by atoms with Crippen LogP contribution in [-0.4, -0.2) is 35.2 Å². The van der Waals surface area contributed by atoms with E-state index in [0.29, 0.717) is 4.31 Å². The molecule has 1 aromatic rings. The fourth-order valence-electron chi connectivity index (χ4n) is 1.28. The van der Waals surface area contributed by atoms with Crippen molar-refractivity contribution >= 4 is 80.0 Å². The van der Waals surface area contributed by atoms with Gasteiger partial charge in [-0.3, -0.25) is 0 Å². The van der Waals surface area contributed by atoms with Crippen LogP contribution in [0.25, 0.3) is 0 Å². The van der Waals surface area contributed by atoms with E-state index in [4.69, 9.17) is 51.1 Å². The highest BCUT2D eigenvalue weighted by Crippen LogP contribution is 2.42.